The number of amides is 5. The summed E-state index contributed by atoms with van der Waals surface area (Å²) in [6, 6.07) is 8.63. The number of hydrogen-bond donors (Lipinski definition) is 4. The van der Waals surface area contributed by atoms with Crippen LogP contribution in [0.2, 0.25) is 5.02 Å². The molecule has 266 valence electrons. The smallest absolute Gasteiger partial charge is 0.386 e. The molecule has 0 unspecified atom stereocenters. The predicted octanol–water partition coefficient (Wildman–Crippen LogP) is 4.43. The molecule has 2 aromatic carbocycles. The van der Waals surface area contributed by atoms with E-state index in [1.165, 1.54) is 13.1 Å². The van der Waals surface area contributed by atoms with E-state index in [0.29, 0.717) is 51.6 Å². The molecule has 2 aromatic rings. The topological polar surface area (TPSA) is 112 Å². The van der Waals surface area contributed by atoms with Gasteiger partial charge < -0.3 is 36.0 Å². The van der Waals surface area contributed by atoms with Gasteiger partial charge in [0.05, 0.1) is 16.3 Å². The monoisotopic (exact) mass is 704 g/mol. The van der Waals surface area contributed by atoms with Crippen molar-refractivity contribution in [1.29, 1.82) is 0 Å². The number of urea groups is 2. The SMILES string of the molecule is CNc1c(Cl)cc(C[C@@H](NC(=O)N2CCC(N3Cc4ccccc4NC3=O)CC2)C(=O)N2CCC(N3CCNCC3)CC2)cc1C(F)(F)F. The second-order valence-electron chi connectivity index (χ2n) is 13.2. The zero-order valence-electron chi connectivity index (χ0n) is 27.6. The van der Waals surface area contributed by atoms with Gasteiger partial charge in [0, 0.05) is 90.1 Å². The maximum atomic E-state index is 14.0. The quantitative estimate of drug-likeness (QED) is 0.340. The Balaban J connectivity index is 1.14. The molecular formula is C34H44ClF3N8O3. The minimum atomic E-state index is -4.68. The molecule has 1 atom stereocenters. The van der Waals surface area contributed by atoms with Crippen LogP contribution in [-0.4, -0.2) is 115 Å². The van der Waals surface area contributed by atoms with E-state index in [1.54, 1.807) is 14.7 Å². The van der Waals surface area contributed by atoms with E-state index in [1.807, 2.05) is 24.3 Å². The number of alkyl halides is 3. The lowest BCUT2D eigenvalue weighted by molar-refractivity contribution is -0.137. The van der Waals surface area contributed by atoms with Crippen LogP contribution in [-0.2, 0) is 23.9 Å². The van der Waals surface area contributed by atoms with Crippen molar-refractivity contribution in [3.8, 4) is 0 Å². The molecule has 4 heterocycles. The lowest BCUT2D eigenvalue weighted by atomic mass is 9.98. The number of anilines is 2. The van der Waals surface area contributed by atoms with E-state index in [2.05, 4.69) is 26.2 Å². The van der Waals surface area contributed by atoms with E-state index in [4.69, 9.17) is 11.6 Å². The van der Waals surface area contributed by atoms with Crippen LogP contribution in [0.25, 0.3) is 0 Å². The van der Waals surface area contributed by atoms with Gasteiger partial charge in [-0.15, -0.1) is 0 Å². The van der Waals surface area contributed by atoms with Gasteiger partial charge in [0.25, 0.3) is 0 Å². The fraction of sp³-hybridized carbons (Fsp3) is 0.559. The molecule has 5 amide bonds. The molecule has 0 spiro atoms. The number of halogens is 4. The van der Waals surface area contributed by atoms with Crippen molar-refractivity contribution in [2.24, 2.45) is 0 Å². The van der Waals surface area contributed by atoms with Crippen LogP contribution < -0.4 is 21.3 Å². The highest BCUT2D eigenvalue weighted by atomic mass is 35.5. The number of carbonyl (C=O) groups excluding carboxylic acids is 3. The summed E-state index contributed by atoms with van der Waals surface area (Å²) in [5.41, 5.74) is 0.846. The van der Waals surface area contributed by atoms with Crippen molar-refractivity contribution >= 4 is 40.9 Å². The summed E-state index contributed by atoms with van der Waals surface area (Å²) < 4.78 is 42.0. The predicted molar refractivity (Wildman–Crippen MR) is 182 cm³/mol. The number of likely N-dealkylation sites (tertiary alicyclic amines) is 2. The van der Waals surface area contributed by atoms with Crippen molar-refractivity contribution in [3.63, 3.8) is 0 Å². The molecule has 3 fully saturated rings. The Hall–Kier alpha value is -3.75. The zero-order valence-corrected chi connectivity index (χ0v) is 28.4. The van der Waals surface area contributed by atoms with Crippen LogP contribution in [0, 0.1) is 0 Å². The number of hydrogen-bond acceptors (Lipinski definition) is 6. The maximum absolute atomic E-state index is 14.0. The molecule has 4 aliphatic rings. The highest BCUT2D eigenvalue weighted by molar-refractivity contribution is 6.33. The van der Waals surface area contributed by atoms with Crippen molar-refractivity contribution < 1.29 is 27.6 Å². The number of fused-ring (bicyclic) bond motifs is 1. The summed E-state index contributed by atoms with van der Waals surface area (Å²) in [5.74, 6) is -0.326. The summed E-state index contributed by atoms with van der Waals surface area (Å²) in [6.07, 6.45) is -2.15. The Kier molecular flexibility index (Phi) is 10.8. The fourth-order valence-corrected chi connectivity index (χ4v) is 7.89. The highest BCUT2D eigenvalue weighted by Gasteiger charge is 2.38. The molecule has 4 aliphatic heterocycles. The molecule has 49 heavy (non-hydrogen) atoms. The van der Waals surface area contributed by atoms with E-state index in [0.717, 1.165) is 56.3 Å². The molecule has 0 saturated carbocycles. The molecule has 0 aliphatic carbocycles. The highest BCUT2D eigenvalue weighted by Crippen LogP contribution is 2.39. The van der Waals surface area contributed by atoms with Crippen LogP contribution in [0.3, 0.4) is 0 Å². The number of piperidine rings is 2. The van der Waals surface area contributed by atoms with Gasteiger partial charge in [-0.1, -0.05) is 29.8 Å². The Bertz CT molecular complexity index is 1520. The second-order valence-corrected chi connectivity index (χ2v) is 13.6. The Morgan fingerprint density at radius 2 is 1.61 bits per heavy atom. The Labute approximate surface area is 289 Å². The molecule has 0 radical (unpaired) electrons. The third kappa shape index (κ3) is 8.02. The molecule has 0 bridgehead atoms. The van der Waals surface area contributed by atoms with Crippen molar-refractivity contribution in [2.75, 3.05) is 70.0 Å². The van der Waals surface area contributed by atoms with Gasteiger partial charge in [-0.3, -0.25) is 9.69 Å². The summed E-state index contributed by atoms with van der Waals surface area (Å²) in [6.45, 7) is 5.97. The van der Waals surface area contributed by atoms with Crippen LogP contribution in [0.4, 0.5) is 34.1 Å². The van der Waals surface area contributed by atoms with Gasteiger partial charge >= 0.3 is 18.2 Å². The van der Waals surface area contributed by atoms with Crippen molar-refractivity contribution in [3.05, 3.63) is 58.1 Å². The molecule has 4 N–H and O–H groups in total. The molecule has 15 heteroatoms. The first-order valence-electron chi connectivity index (χ1n) is 17.0. The molecule has 3 saturated heterocycles. The number of para-hydroxylation sites is 1. The molecular weight excluding hydrogens is 661 g/mol. The molecule has 6 rings (SSSR count). The third-order valence-electron chi connectivity index (χ3n) is 10.2. The number of nitrogens with zero attached hydrogens (tertiary/aromatic N) is 4. The van der Waals surface area contributed by atoms with Gasteiger partial charge in [0.1, 0.15) is 6.04 Å². The summed E-state index contributed by atoms with van der Waals surface area (Å²) >= 11 is 6.29. The number of piperazine rings is 1. The number of carbonyl (C=O) groups is 3. The Morgan fingerprint density at radius 1 is 0.959 bits per heavy atom. The lowest BCUT2D eigenvalue weighted by Crippen LogP contribution is -2.58. The van der Waals surface area contributed by atoms with Crippen molar-refractivity contribution in [1.82, 2.24) is 30.2 Å². The average Bonchev–Trinajstić information content (AvgIpc) is 3.10. The summed E-state index contributed by atoms with van der Waals surface area (Å²) in [5, 5.41) is 11.6. The maximum Gasteiger partial charge on any atom is 0.418 e. The number of rotatable bonds is 7. The lowest BCUT2D eigenvalue weighted by Gasteiger charge is -2.42. The van der Waals surface area contributed by atoms with Gasteiger partial charge in [0.2, 0.25) is 5.91 Å². The minimum absolute atomic E-state index is 0.0690. The second kappa shape index (κ2) is 15.0. The normalized spacial score (nSPS) is 20.4. The number of benzene rings is 2. The minimum Gasteiger partial charge on any atom is -0.386 e. The largest absolute Gasteiger partial charge is 0.418 e. The van der Waals surface area contributed by atoms with Gasteiger partial charge in [-0.05, 0) is 55.0 Å². The zero-order chi connectivity index (χ0) is 34.7. The molecule has 0 aromatic heterocycles. The van der Waals surface area contributed by atoms with E-state index >= 15 is 0 Å². The fourth-order valence-electron chi connectivity index (χ4n) is 7.55. The van der Waals surface area contributed by atoms with Crippen LogP contribution in [0.5, 0.6) is 0 Å². The first-order chi connectivity index (χ1) is 23.5. The standard InChI is InChI=1S/C34H44ClF3N8O3/c1-39-30-26(34(36,37)38)18-22(19-27(30)35)20-29(31(47)44-12-6-24(7-13-44)43-16-10-40-11-17-43)42-32(48)45-14-8-25(9-15-45)46-21-23-4-2-3-5-28(23)41-33(46)49/h2-5,18-19,24-25,29,39-40H,6-17,20-21H2,1H3,(H,41,49)(H,42,48)/t29-/m1/s1. The van der Waals surface area contributed by atoms with E-state index < -0.39 is 23.8 Å². The van der Waals surface area contributed by atoms with E-state index in [9.17, 15) is 27.6 Å². The Morgan fingerprint density at radius 3 is 2.29 bits per heavy atom. The van der Waals surface area contributed by atoms with Crippen LogP contribution in [0.15, 0.2) is 36.4 Å². The van der Waals surface area contributed by atoms with Gasteiger partial charge in [0.15, 0.2) is 0 Å². The average molecular weight is 705 g/mol. The van der Waals surface area contributed by atoms with Crippen LogP contribution >= 0.6 is 11.6 Å². The van der Waals surface area contributed by atoms with E-state index in [-0.39, 0.29) is 40.7 Å². The van der Waals surface area contributed by atoms with Crippen molar-refractivity contribution in [2.45, 2.75) is 63.0 Å². The first-order valence-corrected chi connectivity index (χ1v) is 17.4. The summed E-state index contributed by atoms with van der Waals surface area (Å²) in [7, 11) is 1.37. The van der Waals surface area contributed by atoms with Crippen LogP contribution in [0.1, 0.15) is 42.4 Å². The molecule has 11 nitrogen and oxygen atoms in total. The first kappa shape index (κ1) is 35.1. The number of nitrogens with one attached hydrogen (secondary N) is 4. The van der Waals surface area contributed by atoms with Gasteiger partial charge in [-0.25, -0.2) is 9.59 Å². The third-order valence-corrected chi connectivity index (χ3v) is 10.5. The van der Waals surface area contributed by atoms with Gasteiger partial charge in [-0.2, -0.15) is 13.2 Å². The summed E-state index contributed by atoms with van der Waals surface area (Å²) in [4.78, 5) is 48.1.